The van der Waals surface area contributed by atoms with Crippen molar-refractivity contribution >= 4 is 18.6 Å². The van der Waals surface area contributed by atoms with E-state index in [1.807, 2.05) is 0 Å². The minimum atomic E-state index is -5.13. The second kappa shape index (κ2) is 4.34. The summed E-state index contributed by atoms with van der Waals surface area (Å²) in [6, 6.07) is 0.515. The molecular formula is C8H5BF4O4. The fourth-order valence-corrected chi connectivity index (χ4v) is 1.16. The summed E-state index contributed by atoms with van der Waals surface area (Å²) in [5.74, 6) is -3.64. The maximum Gasteiger partial charge on any atom is 0.491 e. The number of alkyl halides is 3. The highest BCUT2D eigenvalue weighted by molar-refractivity contribution is 6.58. The Kier molecular flexibility index (Phi) is 3.44. The summed E-state index contributed by atoms with van der Waals surface area (Å²) in [5, 5.41) is 25.8. The van der Waals surface area contributed by atoms with Gasteiger partial charge in [-0.2, -0.15) is 13.2 Å². The third-order valence-corrected chi connectivity index (χ3v) is 1.93. The molecule has 4 nitrogen and oxygen atoms in total. The molecule has 0 saturated heterocycles. The molecular weight excluding hydrogens is 247 g/mol. The lowest BCUT2D eigenvalue weighted by atomic mass is 9.78. The fourth-order valence-electron chi connectivity index (χ4n) is 1.16. The van der Waals surface area contributed by atoms with Gasteiger partial charge in [-0.1, -0.05) is 0 Å². The summed E-state index contributed by atoms with van der Waals surface area (Å²) in [5.41, 5.74) is -3.89. The van der Waals surface area contributed by atoms with Crippen molar-refractivity contribution in [3.8, 4) is 0 Å². The Morgan fingerprint density at radius 3 is 2.12 bits per heavy atom. The molecule has 92 valence electrons. The van der Waals surface area contributed by atoms with E-state index in [0.29, 0.717) is 6.07 Å². The highest BCUT2D eigenvalue weighted by Crippen LogP contribution is 2.31. The number of carbonyl (C=O) groups is 1. The maximum absolute atomic E-state index is 13.2. The Labute approximate surface area is 92.3 Å². The van der Waals surface area contributed by atoms with Crippen LogP contribution in [0, 0.1) is 5.82 Å². The number of carboxylic acids is 1. The van der Waals surface area contributed by atoms with Crippen molar-refractivity contribution in [1.82, 2.24) is 0 Å². The molecule has 1 aromatic carbocycles. The minimum Gasteiger partial charge on any atom is -0.478 e. The van der Waals surface area contributed by atoms with E-state index in [1.54, 1.807) is 0 Å². The third kappa shape index (κ3) is 2.74. The molecule has 1 aromatic rings. The van der Waals surface area contributed by atoms with Crippen LogP contribution in [0.2, 0.25) is 0 Å². The first-order chi connectivity index (χ1) is 7.64. The average Bonchev–Trinajstić information content (AvgIpc) is 2.15. The fraction of sp³-hybridized carbons (Fsp3) is 0.125. The van der Waals surface area contributed by atoms with Crippen LogP contribution in [0.25, 0.3) is 0 Å². The van der Waals surface area contributed by atoms with Crippen molar-refractivity contribution in [2.45, 2.75) is 6.18 Å². The van der Waals surface area contributed by atoms with Gasteiger partial charge in [0.25, 0.3) is 0 Å². The topological polar surface area (TPSA) is 77.8 Å². The van der Waals surface area contributed by atoms with Crippen molar-refractivity contribution in [1.29, 1.82) is 0 Å². The molecule has 0 aliphatic carbocycles. The summed E-state index contributed by atoms with van der Waals surface area (Å²) < 4.78 is 50.2. The normalized spacial score (nSPS) is 11.4. The lowest BCUT2D eigenvalue weighted by Crippen LogP contribution is -2.35. The number of hydrogen-bond donors (Lipinski definition) is 3. The molecule has 1 rings (SSSR count). The van der Waals surface area contributed by atoms with Gasteiger partial charge >= 0.3 is 19.3 Å². The van der Waals surface area contributed by atoms with Gasteiger partial charge in [-0.05, 0) is 12.1 Å². The summed E-state index contributed by atoms with van der Waals surface area (Å²) in [6.45, 7) is 0. The number of halogens is 4. The van der Waals surface area contributed by atoms with Crippen LogP contribution < -0.4 is 5.46 Å². The van der Waals surface area contributed by atoms with Crippen molar-refractivity contribution in [3.05, 3.63) is 29.1 Å². The van der Waals surface area contributed by atoms with Crippen molar-refractivity contribution in [2.24, 2.45) is 0 Å². The van der Waals surface area contributed by atoms with Crippen molar-refractivity contribution in [2.75, 3.05) is 0 Å². The van der Waals surface area contributed by atoms with Crippen molar-refractivity contribution in [3.63, 3.8) is 0 Å². The van der Waals surface area contributed by atoms with Gasteiger partial charge in [0.1, 0.15) is 5.82 Å². The van der Waals surface area contributed by atoms with Crippen LogP contribution in [-0.2, 0) is 6.18 Å². The zero-order valence-electron chi connectivity index (χ0n) is 7.99. The molecule has 0 bridgehead atoms. The van der Waals surface area contributed by atoms with Gasteiger partial charge < -0.3 is 15.2 Å². The first-order valence-corrected chi connectivity index (χ1v) is 4.14. The van der Waals surface area contributed by atoms with Crippen LogP contribution in [0.4, 0.5) is 17.6 Å². The molecule has 0 saturated carbocycles. The molecule has 0 unspecified atom stereocenters. The molecule has 0 aliphatic heterocycles. The highest BCUT2D eigenvalue weighted by atomic mass is 19.4. The first kappa shape index (κ1) is 13.5. The number of carboxylic acid groups (broad SMARTS) is 1. The van der Waals surface area contributed by atoms with Crippen LogP contribution in [-0.4, -0.2) is 28.2 Å². The lowest BCUT2D eigenvalue weighted by molar-refractivity contribution is -0.139. The molecule has 0 amide bonds. The average molecular weight is 252 g/mol. The first-order valence-electron chi connectivity index (χ1n) is 4.14. The molecule has 0 spiro atoms. The zero-order chi connectivity index (χ0) is 13.4. The molecule has 0 heterocycles. The van der Waals surface area contributed by atoms with Crippen LogP contribution in [0.3, 0.4) is 0 Å². The monoisotopic (exact) mass is 252 g/mol. The summed E-state index contributed by atoms with van der Waals surface area (Å²) >= 11 is 0. The van der Waals surface area contributed by atoms with Gasteiger partial charge in [0, 0.05) is 5.46 Å². The molecule has 17 heavy (non-hydrogen) atoms. The smallest absolute Gasteiger partial charge is 0.478 e. The Morgan fingerprint density at radius 1 is 1.24 bits per heavy atom. The van der Waals surface area contributed by atoms with Gasteiger partial charge in [0.15, 0.2) is 0 Å². The number of hydrogen-bond acceptors (Lipinski definition) is 3. The van der Waals surface area contributed by atoms with Crippen molar-refractivity contribution < 1.29 is 37.5 Å². The molecule has 9 heteroatoms. The van der Waals surface area contributed by atoms with Crippen LogP contribution in [0.5, 0.6) is 0 Å². The van der Waals surface area contributed by atoms with Gasteiger partial charge in [0.05, 0.1) is 11.1 Å². The van der Waals surface area contributed by atoms with E-state index in [0.717, 1.165) is 0 Å². The Bertz CT molecular complexity index is 458. The van der Waals surface area contributed by atoms with Gasteiger partial charge in [-0.25, -0.2) is 9.18 Å². The molecule has 0 aromatic heterocycles. The van der Waals surface area contributed by atoms with E-state index >= 15 is 0 Å². The molecule has 3 N–H and O–H groups in total. The standard InChI is InChI=1S/C8H5BF4O4/c10-6-4(8(11,12)13)1-3(7(14)15)2-5(6)9(16)17/h1-2,16-17H,(H,14,15). The molecule has 0 radical (unpaired) electrons. The molecule has 0 fully saturated rings. The van der Waals surface area contributed by atoms with Gasteiger partial charge in [-0.3, -0.25) is 0 Å². The number of benzene rings is 1. The Balaban J connectivity index is 3.55. The SMILES string of the molecule is O=C(O)c1cc(B(O)O)c(F)c(C(F)(F)F)c1. The summed E-state index contributed by atoms with van der Waals surface area (Å²) in [4.78, 5) is 10.5. The summed E-state index contributed by atoms with van der Waals surface area (Å²) in [7, 11) is -2.53. The number of rotatable bonds is 2. The van der Waals surface area contributed by atoms with E-state index in [1.165, 1.54) is 0 Å². The van der Waals surface area contributed by atoms with Crippen LogP contribution >= 0.6 is 0 Å². The Morgan fingerprint density at radius 2 is 1.76 bits per heavy atom. The molecule has 0 aliphatic rings. The van der Waals surface area contributed by atoms with E-state index in [4.69, 9.17) is 15.2 Å². The predicted molar refractivity (Wildman–Crippen MR) is 48.2 cm³/mol. The third-order valence-electron chi connectivity index (χ3n) is 1.93. The Hall–Kier alpha value is -1.61. The minimum absolute atomic E-state index is 0.0869. The van der Waals surface area contributed by atoms with Gasteiger partial charge in [-0.15, -0.1) is 0 Å². The maximum atomic E-state index is 13.2. The van der Waals surface area contributed by atoms with Crippen LogP contribution in [0.1, 0.15) is 15.9 Å². The summed E-state index contributed by atoms with van der Waals surface area (Å²) in [6.07, 6.45) is -5.13. The quantitative estimate of drug-likeness (QED) is 0.519. The lowest BCUT2D eigenvalue weighted by Gasteiger charge is -2.12. The zero-order valence-corrected chi connectivity index (χ0v) is 7.99. The van der Waals surface area contributed by atoms with E-state index < -0.39 is 41.7 Å². The second-order valence-corrected chi connectivity index (χ2v) is 3.10. The molecule has 0 atom stereocenters. The van der Waals surface area contributed by atoms with E-state index in [9.17, 15) is 22.4 Å². The predicted octanol–water partition coefficient (Wildman–Crippen LogP) is 0.223. The van der Waals surface area contributed by atoms with Crippen LogP contribution in [0.15, 0.2) is 12.1 Å². The largest absolute Gasteiger partial charge is 0.491 e. The van der Waals surface area contributed by atoms with Gasteiger partial charge in [0.2, 0.25) is 0 Å². The second-order valence-electron chi connectivity index (χ2n) is 3.10. The number of aromatic carboxylic acids is 1. The highest BCUT2D eigenvalue weighted by Gasteiger charge is 2.37. The van der Waals surface area contributed by atoms with E-state index in [2.05, 4.69) is 0 Å². The van der Waals surface area contributed by atoms with E-state index in [-0.39, 0.29) is 6.07 Å².